The average molecular weight is 381 g/mol. The Bertz CT molecular complexity index is 406. The molecule has 0 saturated carbocycles. The van der Waals surface area contributed by atoms with E-state index in [1.54, 1.807) is 13.8 Å². The summed E-state index contributed by atoms with van der Waals surface area (Å²) in [6.45, 7) is 5.34. The molecule has 0 spiro atoms. The fourth-order valence-electron chi connectivity index (χ4n) is 3.21. The van der Waals surface area contributed by atoms with Gasteiger partial charge in [0.25, 0.3) is 0 Å². The maximum Gasteiger partial charge on any atom is 0.397 e. The summed E-state index contributed by atoms with van der Waals surface area (Å²) in [6, 6.07) is 0. The lowest BCUT2D eigenvalue weighted by molar-refractivity contribution is 0.0309. The molecule has 152 valence electrons. The zero-order valence-corrected chi connectivity index (χ0v) is 17.3. The Labute approximate surface area is 155 Å². The predicted octanol–water partition coefficient (Wildman–Crippen LogP) is 5.43. The molecule has 0 amide bonds. The molecule has 2 N–H and O–H groups in total. The normalized spacial score (nSPS) is 14.0. The summed E-state index contributed by atoms with van der Waals surface area (Å²) in [4.78, 5) is 0. The summed E-state index contributed by atoms with van der Waals surface area (Å²) in [5.74, 6) is 0. The van der Waals surface area contributed by atoms with E-state index < -0.39 is 22.1 Å². The van der Waals surface area contributed by atoms with Gasteiger partial charge >= 0.3 is 10.4 Å². The van der Waals surface area contributed by atoms with Crippen molar-refractivity contribution in [2.45, 2.75) is 122 Å². The van der Waals surface area contributed by atoms with Gasteiger partial charge in [-0.05, 0) is 20.3 Å². The van der Waals surface area contributed by atoms with E-state index in [0.29, 0.717) is 6.42 Å². The Morgan fingerprint density at radius 3 is 1.64 bits per heavy atom. The van der Waals surface area contributed by atoms with E-state index in [1.807, 2.05) is 0 Å². The van der Waals surface area contributed by atoms with E-state index in [4.69, 9.17) is 4.55 Å². The Balaban J connectivity index is 3.50. The first-order chi connectivity index (χ1) is 11.7. The lowest BCUT2D eigenvalue weighted by atomic mass is 9.97. The minimum Gasteiger partial charge on any atom is -0.393 e. The maximum atomic E-state index is 10.8. The van der Waals surface area contributed by atoms with Crippen LogP contribution in [-0.2, 0) is 14.6 Å². The van der Waals surface area contributed by atoms with Crippen molar-refractivity contribution < 1.29 is 22.3 Å². The quantitative estimate of drug-likeness (QED) is 0.260. The van der Waals surface area contributed by atoms with Gasteiger partial charge in [0, 0.05) is 6.42 Å². The van der Waals surface area contributed by atoms with Crippen LogP contribution in [0.1, 0.15) is 111 Å². The zero-order valence-electron chi connectivity index (χ0n) is 16.5. The van der Waals surface area contributed by atoms with Crippen molar-refractivity contribution in [1.82, 2.24) is 0 Å². The van der Waals surface area contributed by atoms with Gasteiger partial charge in [0.1, 0.15) is 0 Å². The van der Waals surface area contributed by atoms with Crippen LogP contribution < -0.4 is 0 Å². The van der Waals surface area contributed by atoms with E-state index in [-0.39, 0.29) is 6.42 Å². The highest BCUT2D eigenvalue weighted by Gasteiger charge is 2.28. The molecule has 0 aliphatic heterocycles. The molecule has 0 heterocycles. The number of aliphatic hydroxyl groups excluding tert-OH is 1. The van der Waals surface area contributed by atoms with E-state index >= 15 is 0 Å². The van der Waals surface area contributed by atoms with Gasteiger partial charge in [-0.25, -0.2) is 4.18 Å². The van der Waals surface area contributed by atoms with E-state index in [9.17, 15) is 13.5 Å². The maximum absolute atomic E-state index is 10.8. The summed E-state index contributed by atoms with van der Waals surface area (Å²) >= 11 is 0. The van der Waals surface area contributed by atoms with Crippen LogP contribution in [0.15, 0.2) is 0 Å². The highest BCUT2D eigenvalue weighted by molar-refractivity contribution is 7.80. The van der Waals surface area contributed by atoms with Gasteiger partial charge in [-0.3, -0.25) is 4.55 Å². The molecule has 0 aromatic heterocycles. The minimum absolute atomic E-state index is 0.185. The predicted molar refractivity (Wildman–Crippen MR) is 103 cm³/mol. The highest BCUT2D eigenvalue weighted by Crippen LogP contribution is 2.22. The Hall–Kier alpha value is -0.170. The average Bonchev–Trinajstić information content (AvgIpc) is 2.45. The fourth-order valence-corrected chi connectivity index (χ4v) is 3.85. The van der Waals surface area contributed by atoms with Crippen LogP contribution in [0.2, 0.25) is 0 Å². The summed E-state index contributed by atoms with van der Waals surface area (Å²) in [6.07, 6.45) is 15.4. The van der Waals surface area contributed by atoms with E-state index in [2.05, 4.69) is 11.1 Å². The first kappa shape index (κ1) is 24.8. The van der Waals surface area contributed by atoms with Gasteiger partial charge in [0.15, 0.2) is 0 Å². The molecule has 0 aliphatic carbocycles. The molecule has 25 heavy (non-hydrogen) atoms. The van der Waals surface area contributed by atoms with Crippen LogP contribution in [0.4, 0.5) is 0 Å². The molecule has 0 rings (SSSR count). The van der Waals surface area contributed by atoms with Gasteiger partial charge in [-0.15, -0.1) is 0 Å². The third-order valence-electron chi connectivity index (χ3n) is 4.45. The Kier molecular flexibility index (Phi) is 13.9. The van der Waals surface area contributed by atoms with Crippen LogP contribution in [0, 0.1) is 0 Å². The number of unbranched alkanes of at least 4 members (excludes halogenated alkanes) is 11. The second-order valence-electron chi connectivity index (χ2n) is 7.81. The summed E-state index contributed by atoms with van der Waals surface area (Å²) < 4.78 is 34.8. The SMILES string of the molecule is CCCCCCCCCCCCCCC(O)CC(C)(C)OS(=O)(=O)O. The zero-order chi connectivity index (χ0) is 19.2. The molecule has 0 bridgehead atoms. The molecule has 1 atom stereocenters. The molecule has 0 radical (unpaired) electrons. The second-order valence-corrected chi connectivity index (χ2v) is 8.83. The third kappa shape index (κ3) is 18.4. The molecule has 0 aromatic rings. The molecule has 6 heteroatoms. The topological polar surface area (TPSA) is 83.8 Å². The summed E-state index contributed by atoms with van der Waals surface area (Å²) in [7, 11) is -4.49. The second kappa shape index (κ2) is 14.0. The molecule has 0 aromatic carbocycles. The van der Waals surface area contributed by atoms with Crippen molar-refractivity contribution in [3.63, 3.8) is 0 Å². The summed E-state index contributed by atoms with van der Waals surface area (Å²) in [5.41, 5.74) is -1.09. The first-order valence-electron chi connectivity index (χ1n) is 10.0. The minimum atomic E-state index is -4.49. The first-order valence-corrected chi connectivity index (χ1v) is 11.4. The van der Waals surface area contributed by atoms with Crippen LogP contribution in [0.25, 0.3) is 0 Å². The van der Waals surface area contributed by atoms with Crippen molar-refractivity contribution in [3.8, 4) is 0 Å². The number of aliphatic hydroxyl groups is 1. The van der Waals surface area contributed by atoms with Gasteiger partial charge < -0.3 is 5.11 Å². The number of rotatable bonds is 17. The molecular weight excluding hydrogens is 340 g/mol. The van der Waals surface area contributed by atoms with Crippen molar-refractivity contribution >= 4 is 10.4 Å². The molecule has 0 aliphatic rings. The van der Waals surface area contributed by atoms with Crippen LogP contribution in [-0.4, -0.2) is 29.8 Å². The molecule has 5 nitrogen and oxygen atoms in total. The van der Waals surface area contributed by atoms with E-state index in [0.717, 1.165) is 12.8 Å². The van der Waals surface area contributed by atoms with Gasteiger partial charge in [0.2, 0.25) is 0 Å². The van der Waals surface area contributed by atoms with Crippen molar-refractivity contribution in [2.24, 2.45) is 0 Å². The third-order valence-corrected chi connectivity index (χ3v) is 5.11. The monoisotopic (exact) mass is 380 g/mol. The Morgan fingerprint density at radius 2 is 1.24 bits per heavy atom. The Morgan fingerprint density at radius 1 is 0.840 bits per heavy atom. The number of hydrogen-bond acceptors (Lipinski definition) is 4. The standard InChI is InChI=1S/C19H40O5S/c1-4-5-6-7-8-9-10-11-12-13-14-15-16-18(20)17-19(2,3)24-25(21,22)23/h18,20H,4-17H2,1-3H3,(H,21,22,23). The lowest BCUT2D eigenvalue weighted by Gasteiger charge is -2.25. The molecule has 0 saturated heterocycles. The van der Waals surface area contributed by atoms with Crippen LogP contribution in [0.3, 0.4) is 0 Å². The van der Waals surface area contributed by atoms with Crippen LogP contribution in [0.5, 0.6) is 0 Å². The smallest absolute Gasteiger partial charge is 0.393 e. The number of hydrogen-bond donors (Lipinski definition) is 2. The van der Waals surface area contributed by atoms with Crippen molar-refractivity contribution in [3.05, 3.63) is 0 Å². The largest absolute Gasteiger partial charge is 0.397 e. The van der Waals surface area contributed by atoms with Crippen LogP contribution >= 0.6 is 0 Å². The van der Waals surface area contributed by atoms with Gasteiger partial charge in [-0.2, -0.15) is 8.42 Å². The lowest BCUT2D eigenvalue weighted by Crippen LogP contribution is -2.32. The molecule has 0 fully saturated rings. The van der Waals surface area contributed by atoms with Crippen molar-refractivity contribution in [1.29, 1.82) is 0 Å². The fraction of sp³-hybridized carbons (Fsp3) is 1.00. The molecular formula is C19H40O5S. The highest BCUT2D eigenvalue weighted by atomic mass is 32.3. The van der Waals surface area contributed by atoms with Gasteiger partial charge in [0.05, 0.1) is 11.7 Å². The van der Waals surface area contributed by atoms with Gasteiger partial charge in [-0.1, -0.05) is 84.0 Å². The van der Waals surface area contributed by atoms with E-state index in [1.165, 1.54) is 64.2 Å². The van der Waals surface area contributed by atoms with Crippen molar-refractivity contribution in [2.75, 3.05) is 0 Å². The summed E-state index contributed by atoms with van der Waals surface area (Å²) in [5, 5.41) is 9.99. The molecule has 1 unspecified atom stereocenters.